The van der Waals surface area contributed by atoms with Gasteiger partial charge >= 0.3 is 0 Å². The van der Waals surface area contributed by atoms with Crippen LogP contribution in [-0.2, 0) is 13.0 Å². The Hall–Kier alpha value is -2.32. The molecule has 0 aliphatic carbocycles. The van der Waals surface area contributed by atoms with Crippen LogP contribution in [0, 0.1) is 0 Å². The van der Waals surface area contributed by atoms with Crippen LogP contribution in [0.15, 0.2) is 60.6 Å². The molecule has 0 aromatic heterocycles. The Balaban J connectivity index is 2.44. The normalized spacial score (nSPS) is 10.0. The van der Waals surface area contributed by atoms with Crippen molar-refractivity contribution in [2.75, 3.05) is 0 Å². The monoisotopic (exact) mass is 311 g/mol. The van der Waals surface area contributed by atoms with E-state index in [0.717, 1.165) is 16.7 Å². The Morgan fingerprint density at radius 3 is 2.50 bits per heavy atom. The summed E-state index contributed by atoms with van der Waals surface area (Å²) in [6, 6.07) is 11.8. The van der Waals surface area contributed by atoms with Crippen LogP contribution in [0.25, 0.3) is 6.08 Å². The van der Waals surface area contributed by atoms with Gasteiger partial charge in [-0.05, 0) is 24.8 Å². The standard InChI is InChI=1S/C19H18ClNO/c1-4-9-15-12-17(20)16(5-2)18(21-3)19(15)22-13-14-10-7-6-8-11-14/h4-8,10-12H,1-3,9,13H2. The third-order valence-electron chi connectivity index (χ3n) is 3.27. The van der Waals surface area contributed by atoms with E-state index in [2.05, 4.69) is 24.9 Å². The third kappa shape index (κ3) is 3.46. The molecule has 0 bridgehead atoms. The predicted octanol–water partition coefficient (Wildman–Crippen LogP) is 5.62. The molecule has 2 aromatic carbocycles. The summed E-state index contributed by atoms with van der Waals surface area (Å²) < 4.78 is 6.01. The summed E-state index contributed by atoms with van der Waals surface area (Å²) in [5, 5.41) is 0.585. The predicted molar refractivity (Wildman–Crippen MR) is 95.4 cm³/mol. The number of benzene rings is 2. The second kappa shape index (κ2) is 7.62. The summed E-state index contributed by atoms with van der Waals surface area (Å²) in [4.78, 5) is 4.09. The first kappa shape index (κ1) is 16.1. The van der Waals surface area contributed by atoms with E-state index in [1.54, 1.807) is 6.08 Å². The maximum absolute atomic E-state index is 6.29. The first-order valence-corrected chi connectivity index (χ1v) is 7.31. The zero-order valence-electron chi connectivity index (χ0n) is 12.4. The van der Waals surface area contributed by atoms with Crippen LogP contribution in [-0.4, -0.2) is 6.72 Å². The quantitative estimate of drug-likeness (QED) is 0.480. The fourth-order valence-corrected chi connectivity index (χ4v) is 2.53. The molecule has 112 valence electrons. The van der Waals surface area contributed by atoms with Crippen LogP contribution in [0.1, 0.15) is 16.7 Å². The smallest absolute Gasteiger partial charge is 0.149 e. The lowest BCUT2D eigenvalue weighted by atomic mass is 10.0. The molecule has 0 radical (unpaired) electrons. The number of halogens is 1. The molecule has 0 saturated carbocycles. The van der Waals surface area contributed by atoms with Gasteiger partial charge in [-0.3, -0.25) is 4.99 Å². The molecular formula is C19H18ClNO. The first-order valence-electron chi connectivity index (χ1n) is 6.93. The fraction of sp³-hybridized carbons (Fsp3) is 0.105. The molecule has 0 N–H and O–H groups in total. The summed E-state index contributed by atoms with van der Waals surface area (Å²) in [7, 11) is 0. The number of ether oxygens (including phenoxy) is 1. The molecule has 0 aliphatic heterocycles. The van der Waals surface area contributed by atoms with Gasteiger partial charge in [0.15, 0.2) is 0 Å². The highest BCUT2D eigenvalue weighted by Crippen LogP contribution is 2.41. The van der Waals surface area contributed by atoms with E-state index in [9.17, 15) is 0 Å². The average Bonchev–Trinajstić information content (AvgIpc) is 2.54. The number of hydrogen-bond donors (Lipinski definition) is 0. The summed E-state index contributed by atoms with van der Waals surface area (Å²) in [5.41, 5.74) is 3.36. The molecule has 0 fully saturated rings. The maximum atomic E-state index is 6.29. The van der Waals surface area contributed by atoms with Crippen molar-refractivity contribution >= 4 is 30.1 Å². The second-order valence-electron chi connectivity index (χ2n) is 4.74. The van der Waals surface area contributed by atoms with E-state index in [0.29, 0.717) is 29.5 Å². The lowest BCUT2D eigenvalue weighted by Crippen LogP contribution is -2.00. The minimum Gasteiger partial charge on any atom is -0.486 e. The van der Waals surface area contributed by atoms with Crippen molar-refractivity contribution < 1.29 is 4.74 Å². The van der Waals surface area contributed by atoms with Crippen LogP contribution in [0.5, 0.6) is 5.75 Å². The van der Waals surface area contributed by atoms with Crippen molar-refractivity contribution in [3.05, 3.63) is 77.3 Å². The van der Waals surface area contributed by atoms with Gasteiger partial charge in [-0.2, -0.15) is 0 Å². The van der Waals surface area contributed by atoms with E-state index in [4.69, 9.17) is 16.3 Å². The molecule has 0 unspecified atom stereocenters. The van der Waals surface area contributed by atoms with Gasteiger partial charge in [-0.25, -0.2) is 0 Å². The van der Waals surface area contributed by atoms with E-state index in [-0.39, 0.29) is 0 Å². The van der Waals surface area contributed by atoms with Crippen LogP contribution < -0.4 is 4.74 Å². The van der Waals surface area contributed by atoms with Crippen molar-refractivity contribution in [1.29, 1.82) is 0 Å². The number of allylic oxidation sites excluding steroid dienone is 1. The summed E-state index contributed by atoms with van der Waals surface area (Å²) in [6.07, 6.45) is 4.12. The van der Waals surface area contributed by atoms with Crippen LogP contribution >= 0.6 is 11.6 Å². The molecule has 22 heavy (non-hydrogen) atoms. The summed E-state index contributed by atoms with van der Waals surface area (Å²) >= 11 is 6.29. The highest BCUT2D eigenvalue weighted by Gasteiger charge is 2.16. The minimum atomic E-state index is 0.450. The van der Waals surface area contributed by atoms with Gasteiger partial charge in [0.05, 0.1) is 5.02 Å². The van der Waals surface area contributed by atoms with Crippen molar-refractivity contribution in [2.24, 2.45) is 4.99 Å². The molecule has 3 heteroatoms. The van der Waals surface area contributed by atoms with Crippen molar-refractivity contribution in [3.8, 4) is 5.75 Å². The van der Waals surface area contributed by atoms with E-state index in [1.165, 1.54) is 0 Å². The largest absolute Gasteiger partial charge is 0.486 e. The number of hydrogen-bond acceptors (Lipinski definition) is 2. The Kier molecular flexibility index (Phi) is 5.56. The second-order valence-corrected chi connectivity index (χ2v) is 5.15. The summed E-state index contributed by atoms with van der Waals surface area (Å²) in [5.74, 6) is 0.679. The van der Waals surface area contributed by atoms with Crippen LogP contribution in [0.3, 0.4) is 0 Å². The lowest BCUT2D eigenvalue weighted by Gasteiger charge is -2.16. The van der Waals surface area contributed by atoms with Gasteiger partial charge in [-0.15, -0.1) is 6.58 Å². The van der Waals surface area contributed by atoms with Gasteiger partial charge in [0, 0.05) is 11.1 Å². The van der Waals surface area contributed by atoms with Crippen molar-refractivity contribution in [1.82, 2.24) is 0 Å². The maximum Gasteiger partial charge on any atom is 0.149 e. The summed E-state index contributed by atoms with van der Waals surface area (Å²) in [6.45, 7) is 11.7. The zero-order valence-corrected chi connectivity index (χ0v) is 13.1. The molecule has 2 rings (SSSR count). The number of rotatable bonds is 7. The highest BCUT2D eigenvalue weighted by molar-refractivity contribution is 6.32. The third-order valence-corrected chi connectivity index (χ3v) is 3.59. The van der Waals surface area contributed by atoms with Crippen molar-refractivity contribution in [2.45, 2.75) is 13.0 Å². The van der Waals surface area contributed by atoms with Crippen LogP contribution in [0.2, 0.25) is 5.02 Å². The Labute approximate surface area is 136 Å². The van der Waals surface area contributed by atoms with E-state index >= 15 is 0 Å². The van der Waals surface area contributed by atoms with E-state index in [1.807, 2.05) is 42.5 Å². The van der Waals surface area contributed by atoms with E-state index < -0.39 is 0 Å². The first-order chi connectivity index (χ1) is 10.7. The SMILES string of the molecule is C=CCc1cc(Cl)c(C=C)c(N=C)c1OCc1ccccc1. The molecule has 0 saturated heterocycles. The zero-order chi connectivity index (χ0) is 15.9. The minimum absolute atomic E-state index is 0.450. The molecule has 0 aliphatic rings. The van der Waals surface area contributed by atoms with Gasteiger partial charge in [0.1, 0.15) is 18.0 Å². The lowest BCUT2D eigenvalue weighted by molar-refractivity contribution is 0.304. The Morgan fingerprint density at radius 1 is 1.18 bits per heavy atom. The molecule has 0 atom stereocenters. The van der Waals surface area contributed by atoms with Gasteiger partial charge in [0.2, 0.25) is 0 Å². The van der Waals surface area contributed by atoms with Gasteiger partial charge in [0.25, 0.3) is 0 Å². The Bertz CT molecular complexity index is 692. The molecule has 2 aromatic rings. The van der Waals surface area contributed by atoms with Crippen LogP contribution in [0.4, 0.5) is 5.69 Å². The average molecular weight is 312 g/mol. The molecular weight excluding hydrogens is 294 g/mol. The Morgan fingerprint density at radius 2 is 1.91 bits per heavy atom. The number of aliphatic imine (C=N–C) groups is 1. The highest BCUT2D eigenvalue weighted by atomic mass is 35.5. The fourth-order valence-electron chi connectivity index (χ4n) is 2.23. The molecule has 2 nitrogen and oxygen atoms in total. The van der Waals surface area contributed by atoms with Crippen molar-refractivity contribution in [3.63, 3.8) is 0 Å². The van der Waals surface area contributed by atoms with Gasteiger partial charge in [-0.1, -0.05) is 60.7 Å². The topological polar surface area (TPSA) is 21.6 Å². The van der Waals surface area contributed by atoms with Gasteiger partial charge < -0.3 is 4.74 Å². The molecule has 0 heterocycles. The number of nitrogens with zero attached hydrogens (tertiary/aromatic N) is 1. The molecule has 0 spiro atoms. The molecule has 0 amide bonds.